The first kappa shape index (κ1) is 12.6. The third kappa shape index (κ3) is 2.71. The molecule has 0 spiro atoms. The van der Waals surface area contributed by atoms with Gasteiger partial charge >= 0.3 is 0 Å². The highest BCUT2D eigenvalue weighted by atomic mass is 15.2. The Bertz CT molecular complexity index is 342. The van der Waals surface area contributed by atoms with Gasteiger partial charge in [0.2, 0.25) is 0 Å². The molecule has 0 radical (unpaired) electrons. The molecular formula is C16H25N. The van der Waals surface area contributed by atoms with Crippen molar-refractivity contribution in [1.82, 2.24) is 4.90 Å². The number of hydrogen-bond acceptors (Lipinski definition) is 1. The van der Waals surface area contributed by atoms with E-state index in [0.29, 0.717) is 11.6 Å². The molecule has 0 N–H and O–H groups in total. The van der Waals surface area contributed by atoms with Crippen LogP contribution in [0.4, 0.5) is 0 Å². The highest BCUT2D eigenvalue weighted by Crippen LogP contribution is 2.38. The van der Waals surface area contributed by atoms with Gasteiger partial charge in [0.15, 0.2) is 0 Å². The van der Waals surface area contributed by atoms with E-state index in [2.05, 4.69) is 56.0 Å². The molecule has 17 heavy (non-hydrogen) atoms. The Morgan fingerprint density at radius 2 is 1.94 bits per heavy atom. The van der Waals surface area contributed by atoms with Crippen LogP contribution in [0.2, 0.25) is 0 Å². The summed E-state index contributed by atoms with van der Waals surface area (Å²) in [6.45, 7) is 8.34. The standard InChI is InChI=1S/C16H25N/c1-4-12-16(2,3)17-13-8-11-15(17)14-9-6-5-7-10-14/h5-7,9-10,15H,4,8,11-13H2,1-3H3/t15-/m1/s1. The maximum Gasteiger partial charge on any atom is 0.0353 e. The largest absolute Gasteiger partial charge is 0.291 e. The molecule has 0 saturated carbocycles. The average Bonchev–Trinajstić information content (AvgIpc) is 2.79. The molecule has 0 amide bonds. The van der Waals surface area contributed by atoms with Crippen molar-refractivity contribution < 1.29 is 0 Å². The van der Waals surface area contributed by atoms with Gasteiger partial charge in [-0.1, -0.05) is 43.7 Å². The molecule has 94 valence electrons. The van der Waals surface area contributed by atoms with Crippen molar-refractivity contribution >= 4 is 0 Å². The summed E-state index contributed by atoms with van der Waals surface area (Å²) in [4.78, 5) is 2.71. The van der Waals surface area contributed by atoms with Crippen molar-refractivity contribution in [3.63, 3.8) is 0 Å². The van der Waals surface area contributed by atoms with Crippen LogP contribution in [0.1, 0.15) is 58.1 Å². The topological polar surface area (TPSA) is 3.24 Å². The van der Waals surface area contributed by atoms with Gasteiger partial charge in [0.25, 0.3) is 0 Å². The highest BCUT2D eigenvalue weighted by Gasteiger charge is 2.35. The van der Waals surface area contributed by atoms with E-state index in [1.54, 1.807) is 0 Å². The van der Waals surface area contributed by atoms with Gasteiger partial charge in [0.05, 0.1) is 0 Å². The summed E-state index contributed by atoms with van der Waals surface area (Å²) < 4.78 is 0. The van der Waals surface area contributed by atoms with Crippen LogP contribution in [0.5, 0.6) is 0 Å². The summed E-state index contributed by atoms with van der Waals surface area (Å²) in [6.07, 6.45) is 5.21. The molecular weight excluding hydrogens is 206 g/mol. The number of hydrogen-bond donors (Lipinski definition) is 0. The molecule has 0 aromatic heterocycles. The van der Waals surface area contributed by atoms with Gasteiger partial charge < -0.3 is 0 Å². The number of benzene rings is 1. The van der Waals surface area contributed by atoms with Crippen molar-refractivity contribution in [1.29, 1.82) is 0 Å². The van der Waals surface area contributed by atoms with E-state index < -0.39 is 0 Å². The minimum absolute atomic E-state index is 0.339. The lowest BCUT2D eigenvalue weighted by Crippen LogP contribution is -2.43. The fraction of sp³-hybridized carbons (Fsp3) is 0.625. The van der Waals surface area contributed by atoms with Crippen LogP contribution >= 0.6 is 0 Å². The molecule has 1 aromatic carbocycles. The highest BCUT2D eigenvalue weighted by molar-refractivity contribution is 5.20. The fourth-order valence-corrected chi connectivity index (χ4v) is 3.27. The fourth-order valence-electron chi connectivity index (χ4n) is 3.27. The molecule has 1 aliphatic heterocycles. The summed E-state index contributed by atoms with van der Waals surface area (Å²) in [6, 6.07) is 11.6. The molecule has 1 fully saturated rings. The first-order chi connectivity index (χ1) is 8.15. The predicted octanol–water partition coefficient (Wildman–Crippen LogP) is 4.40. The molecule has 1 atom stereocenters. The molecule has 0 unspecified atom stereocenters. The SMILES string of the molecule is CCCC(C)(C)N1CCC[C@@H]1c1ccccc1. The monoisotopic (exact) mass is 231 g/mol. The number of nitrogens with zero attached hydrogens (tertiary/aromatic N) is 1. The lowest BCUT2D eigenvalue weighted by atomic mass is 9.93. The van der Waals surface area contributed by atoms with Crippen LogP contribution < -0.4 is 0 Å². The van der Waals surface area contributed by atoms with E-state index in [1.165, 1.54) is 37.8 Å². The van der Waals surface area contributed by atoms with Crippen LogP contribution in [-0.2, 0) is 0 Å². The summed E-state index contributed by atoms with van der Waals surface area (Å²) >= 11 is 0. The van der Waals surface area contributed by atoms with E-state index in [1.807, 2.05) is 0 Å². The first-order valence-corrected chi connectivity index (χ1v) is 6.97. The van der Waals surface area contributed by atoms with Crippen molar-refractivity contribution in [2.75, 3.05) is 6.54 Å². The zero-order chi connectivity index (χ0) is 12.3. The van der Waals surface area contributed by atoms with Gasteiger partial charge in [0.1, 0.15) is 0 Å². The predicted molar refractivity (Wildman–Crippen MR) is 74.1 cm³/mol. The van der Waals surface area contributed by atoms with E-state index in [-0.39, 0.29) is 0 Å². The Morgan fingerprint density at radius 1 is 1.24 bits per heavy atom. The second kappa shape index (κ2) is 5.22. The van der Waals surface area contributed by atoms with Crippen LogP contribution in [0, 0.1) is 0 Å². The van der Waals surface area contributed by atoms with Crippen LogP contribution in [-0.4, -0.2) is 17.0 Å². The summed E-state index contributed by atoms with van der Waals surface area (Å²) in [5, 5.41) is 0. The zero-order valence-electron chi connectivity index (χ0n) is 11.4. The third-order valence-corrected chi connectivity index (χ3v) is 4.08. The summed E-state index contributed by atoms with van der Waals surface area (Å²) in [7, 11) is 0. The Balaban J connectivity index is 2.18. The summed E-state index contributed by atoms with van der Waals surface area (Å²) in [5.74, 6) is 0. The molecule has 1 nitrogen and oxygen atoms in total. The van der Waals surface area contributed by atoms with Crippen molar-refractivity contribution in [3.8, 4) is 0 Å². The average molecular weight is 231 g/mol. The zero-order valence-corrected chi connectivity index (χ0v) is 11.4. The molecule has 1 heterocycles. The first-order valence-electron chi connectivity index (χ1n) is 6.97. The molecule has 1 saturated heterocycles. The molecule has 1 aromatic rings. The lowest BCUT2D eigenvalue weighted by Gasteiger charge is -2.40. The van der Waals surface area contributed by atoms with Gasteiger partial charge in [-0.25, -0.2) is 0 Å². The van der Waals surface area contributed by atoms with Gasteiger partial charge in [0, 0.05) is 11.6 Å². The molecule has 1 aliphatic rings. The van der Waals surface area contributed by atoms with E-state index >= 15 is 0 Å². The van der Waals surface area contributed by atoms with Gasteiger partial charge in [-0.2, -0.15) is 0 Å². The number of likely N-dealkylation sites (tertiary alicyclic amines) is 1. The van der Waals surface area contributed by atoms with Crippen LogP contribution in [0.3, 0.4) is 0 Å². The second-order valence-electron chi connectivity index (χ2n) is 5.82. The number of rotatable bonds is 4. The van der Waals surface area contributed by atoms with E-state index in [9.17, 15) is 0 Å². The minimum Gasteiger partial charge on any atom is -0.291 e. The molecule has 2 rings (SSSR count). The maximum absolute atomic E-state index is 2.71. The second-order valence-corrected chi connectivity index (χ2v) is 5.82. The maximum atomic E-state index is 2.71. The van der Waals surface area contributed by atoms with E-state index in [0.717, 1.165) is 0 Å². The smallest absolute Gasteiger partial charge is 0.0353 e. The van der Waals surface area contributed by atoms with Crippen LogP contribution in [0.25, 0.3) is 0 Å². The Hall–Kier alpha value is -0.820. The molecule has 0 aliphatic carbocycles. The third-order valence-electron chi connectivity index (χ3n) is 4.08. The quantitative estimate of drug-likeness (QED) is 0.742. The van der Waals surface area contributed by atoms with Gasteiger partial charge in [-0.3, -0.25) is 4.90 Å². The van der Waals surface area contributed by atoms with Gasteiger partial charge in [-0.15, -0.1) is 0 Å². The Labute approximate surface area is 106 Å². The lowest BCUT2D eigenvalue weighted by molar-refractivity contribution is 0.0958. The van der Waals surface area contributed by atoms with Crippen LogP contribution in [0.15, 0.2) is 30.3 Å². The van der Waals surface area contributed by atoms with Crippen molar-refractivity contribution in [2.45, 2.75) is 58.0 Å². The minimum atomic E-state index is 0.339. The van der Waals surface area contributed by atoms with Crippen molar-refractivity contribution in [3.05, 3.63) is 35.9 Å². The molecule has 0 bridgehead atoms. The van der Waals surface area contributed by atoms with E-state index in [4.69, 9.17) is 0 Å². The Kier molecular flexibility index (Phi) is 3.88. The van der Waals surface area contributed by atoms with Gasteiger partial charge in [-0.05, 0) is 45.2 Å². The molecule has 1 heteroatoms. The Morgan fingerprint density at radius 3 is 2.59 bits per heavy atom. The summed E-state index contributed by atoms with van der Waals surface area (Å²) in [5.41, 5.74) is 1.83. The van der Waals surface area contributed by atoms with Crippen molar-refractivity contribution in [2.24, 2.45) is 0 Å². The normalized spacial score (nSPS) is 21.9.